The number of carbonyl (C=O) groups is 2. The summed E-state index contributed by atoms with van der Waals surface area (Å²) in [6.45, 7) is 4.45. The van der Waals surface area contributed by atoms with E-state index in [0.29, 0.717) is 11.6 Å². The second-order valence-electron chi connectivity index (χ2n) is 8.15. The Balaban J connectivity index is 2.18. The van der Waals surface area contributed by atoms with Gasteiger partial charge in [-0.2, -0.15) is 0 Å². The van der Waals surface area contributed by atoms with Gasteiger partial charge in [0.2, 0.25) is 21.8 Å². The number of nitrogens with one attached hydrogen (secondary N) is 1. The van der Waals surface area contributed by atoms with Gasteiger partial charge in [0, 0.05) is 35.6 Å². The number of sulfonamides is 1. The summed E-state index contributed by atoms with van der Waals surface area (Å²) >= 11 is 15.7. The molecule has 2 rings (SSSR count). The van der Waals surface area contributed by atoms with Crippen LogP contribution in [-0.4, -0.2) is 50.5 Å². The van der Waals surface area contributed by atoms with Crippen molar-refractivity contribution < 1.29 is 18.0 Å². The molecule has 1 atom stereocenters. The molecule has 2 aromatic carbocycles. The molecule has 11 heteroatoms. The van der Waals surface area contributed by atoms with Gasteiger partial charge in [-0.05, 0) is 55.7 Å². The first-order chi connectivity index (χ1) is 16.4. The van der Waals surface area contributed by atoms with Gasteiger partial charge in [0.15, 0.2) is 0 Å². The smallest absolute Gasteiger partial charge is 0.242 e. The number of halogens is 3. The van der Waals surface area contributed by atoms with Crippen LogP contribution in [0.2, 0.25) is 10.0 Å². The molecule has 0 radical (unpaired) electrons. The lowest BCUT2D eigenvalue weighted by atomic mass is 10.1. The minimum Gasteiger partial charge on any atom is -0.354 e. The van der Waals surface area contributed by atoms with Crippen molar-refractivity contribution in [3.8, 4) is 0 Å². The molecule has 0 saturated heterocycles. The highest BCUT2D eigenvalue weighted by atomic mass is 79.9. The van der Waals surface area contributed by atoms with E-state index in [-0.39, 0.29) is 48.5 Å². The quantitative estimate of drug-likeness (QED) is 0.358. The molecule has 0 aromatic heterocycles. The van der Waals surface area contributed by atoms with Gasteiger partial charge >= 0.3 is 0 Å². The maximum atomic E-state index is 13.2. The van der Waals surface area contributed by atoms with Crippen LogP contribution in [0.1, 0.15) is 38.7 Å². The number of amides is 2. The maximum Gasteiger partial charge on any atom is 0.242 e. The topological polar surface area (TPSA) is 86.8 Å². The summed E-state index contributed by atoms with van der Waals surface area (Å²) in [7, 11) is -3.67. The van der Waals surface area contributed by atoms with E-state index in [0.717, 1.165) is 27.0 Å². The molecular formula is C24H30BrCl2N3O4S. The van der Waals surface area contributed by atoms with E-state index >= 15 is 0 Å². The molecule has 0 heterocycles. The Morgan fingerprint density at radius 2 is 1.77 bits per heavy atom. The predicted molar refractivity (Wildman–Crippen MR) is 145 cm³/mol. The van der Waals surface area contributed by atoms with E-state index in [1.807, 2.05) is 31.2 Å². The first-order valence-electron chi connectivity index (χ1n) is 11.2. The largest absolute Gasteiger partial charge is 0.354 e. The summed E-state index contributed by atoms with van der Waals surface area (Å²) in [6, 6.07) is 11.4. The van der Waals surface area contributed by atoms with Crippen molar-refractivity contribution in [2.45, 2.75) is 45.7 Å². The lowest BCUT2D eigenvalue weighted by Gasteiger charge is -2.29. The van der Waals surface area contributed by atoms with Crippen molar-refractivity contribution in [1.82, 2.24) is 10.2 Å². The van der Waals surface area contributed by atoms with Crippen LogP contribution in [0.15, 0.2) is 46.9 Å². The number of rotatable bonds is 12. The Morgan fingerprint density at radius 1 is 1.11 bits per heavy atom. The molecular weight excluding hydrogens is 577 g/mol. The lowest BCUT2D eigenvalue weighted by molar-refractivity contribution is -0.140. The molecule has 7 nitrogen and oxygen atoms in total. The summed E-state index contributed by atoms with van der Waals surface area (Å²) in [5.41, 5.74) is 1.13. The summed E-state index contributed by atoms with van der Waals surface area (Å²) in [5, 5.41) is 3.42. The molecule has 1 N–H and O–H groups in total. The van der Waals surface area contributed by atoms with Gasteiger partial charge < -0.3 is 10.2 Å². The summed E-state index contributed by atoms with van der Waals surface area (Å²) in [5.74, 6) is -0.488. The third-order valence-electron chi connectivity index (χ3n) is 5.31. The van der Waals surface area contributed by atoms with E-state index < -0.39 is 16.1 Å². The van der Waals surface area contributed by atoms with Crippen LogP contribution in [0.4, 0.5) is 5.69 Å². The zero-order valence-corrected chi connectivity index (χ0v) is 23.8. The molecule has 192 valence electrons. The minimum atomic E-state index is -3.67. The monoisotopic (exact) mass is 605 g/mol. The predicted octanol–water partition coefficient (Wildman–Crippen LogP) is 5.25. The van der Waals surface area contributed by atoms with Gasteiger partial charge in [-0.25, -0.2) is 8.42 Å². The molecule has 0 bridgehead atoms. The van der Waals surface area contributed by atoms with Gasteiger partial charge in [0.1, 0.15) is 6.04 Å². The maximum absolute atomic E-state index is 13.2. The van der Waals surface area contributed by atoms with E-state index in [1.54, 1.807) is 13.0 Å². The molecule has 0 aliphatic carbocycles. The van der Waals surface area contributed by atoms with Crippen molar-refractivity contribution in [3.63, 3.8) is 0 Å². The molecule has 0 aliphatic rings. The minimum absolute atomic E-state index is 0.0349. The molecule has 0 spiro atoms. The highest BCUT2D eigenvalue weighted by Crippen LogP contribution is 2.31. The van der Waals surface area contributed by atoms with Crippen LogP contribution in [0.5, 0.6) is 0 Å². The van der Waals surface area contributed by atoms with Gasteiger partial charge in [-0.3, -0.25) is 13.9 Å². The van der Waals surface area contributed by atoms with E-state index in [2.05, 4.69) is 21.2 Å². The van der Waals surface area contributed by atoms with Crippen molar-refractivity contribution >= 4 is 66.7 Å². The van der Waals surface area contributed by atoms with Crippen LogP contribution in [-0.2, 0) is 26.2 Å². The number of hydrogen-bond acceptors (Lipinski definition) is 4. The van der Waals surface area contributed by atoms with E-state index in [1.165, 1.54) is 17.0 Å². The fourth-order valence-corrected chi connectivity index (χ4v) is 5.09. The average Bonchev–Trinajstić information content (AvgIpc) is 2.80. The molecule has 2 aromatic rings. The van der Waals surface area contributed by atoms with Crippen LogP contribution >= 0.6 is 39.1 Å². The number of anilines is 1. The highest BCUT2D eigenvalue weighted by molar-refractivity contribution is 9.10. The van der Waals surface area contributed by atoms with E-state index in [9.17, 15) is 18.0 Å². The van der Waals surface area contributed by atoms with Crippen molar-refractivity contribution in [2.24, 2.45) is 0 Å². The Labute approximate surface area is 225 Å². The molecule has 35 heavy (non-hydrogen) atoms. The standard InChI is InChI=1S/C24H30BrCl2N3O4S/c1-4-13-28-24(32)17(2)29(16-18-7-9-19(25)10-8-18)23(31)6-5-14-30(35(3,33)34)22-15-20(26)11-12-21(22)27/h7-12,15,17H,4-6,13-14,16H2,1-3H3,(H,28,32)/t17-/m0/s1. The summed E-state index contributed by atoms with van der Waals surface area (Å²) in [4.78, 5) is 27.4. The van der Waals surface area contributed by atoms with E-state index in [4.69, 9.17) is 23.2 Å². The number of carbonyl (C=O) groups excluding carboxylic acids is 2. The Kier molecular flexibility index (Phi) is 11.3. The fourth-order valence-electron chi connectivity index (χ4n) is 3.42. The summed E-state index contributed by atoms with van der Waals surface area (Å²) < 4.78 is 26.9. The molecule has 0 saturated carbocycles. The van der Waals surface area contributed by atoms with Gasteiger partial charge in [0.25, 0.3) is 0 Å². The number of hydrogen-bond donors (Lipinski definition) is 1. The normalized spacial score (nSPS) is 12.2. The Hall–Kier alpha value is -1.81. The zero-order valence-electron chi connectivity index (χ0n) is 19.9. The van der Waals surface area contributed by atoms with Gasteiger partial charge in [-0.1, -0.05) is 58.2 Å². The third kappa shape index (κ3) is 8.97. The average molecular weight is 607 g/mol. The first-order valence-corrected chi connectivity index (χ1v) is 14.6. The number of benzene rings is 2. The van der Waals surface area contributed by atoms with Crippen molar-refractivity contribution in [3.05, 3.63) is 62.5 Å². The Bertz CT molecular complexity index is 1130. The fraction of sp³-hybridized carbons (Fsp3) is 0.417. The second-order valence-corrected chi connectivity index (χ2v) is 11.8. The SMILES string of the molecule is CCCNC(=O)[C@H](C)N(Cc1ccc(Br)cc1)C(=O)CCCN(c1cc(Cl)ccc1Cl)S(C)(=O)=O. The van der Waals surface area contributed by atoms with Gasteiger partial charge in [-0.15, -0.1) is 0 Å². The summed E-state index contributed by atoms with van der Waals surface area (Å²) in [6.07, 6.45) is 2.14. The van der Waals surface area contributed by atoms with Crippen LogP contribution in [0.25, 0.3) is 0 Å². The van der Waals surface area contributed by atoms with Crippen LogP contribution < -0.4 is 9.62 Å². The molecule has 0 fully saturated rings. The Morgan fingerprint density at radius 3 is 2.37 bits per heavy atom. The van der Waals surface area contributed by atoms with Crippen molar-refractivity contribution in [1.29, 1.82) is 0 Å². The first kappa shape index (κ1) is 29.4. The van der Waals surface area contributed by atoms with Gasteiger partial charge in [0.05, 0.1) is 17.0 Å². The number of nitrogens with zero attached hydrogens (tertiary/aromatic N) is 2. The van der Waals surface area contributed by atoms with Crippen LogP contribution in [0.3, 0.4) is 0 Å². The second kappa shape index (κ2) is 13.5. The van der Waals surface area contributed by atoms with Crippen LogP contribution in [0, 0.1) is 0 Å². The zero-order chi connectivity index (χ0) is 26.2. The lowest BCUT2D eigenvalue weighted by Crippen LogP contribution is -2.47. The highest BCUT2D eigenvalue weighted by Gasteiger charge is 2.27. The molecule has 0 unspecified atom stereocenters. The third-order valence-corrected chi connectivity index (χ3v) is 7.58. The molecule has 0 aliphatic heterocycles. The molecule has 2 amide bonds. The van der Waals surface area contributed by atoms with Crippen molar-refractivity contribution in [2.75, 3.05) is 23.7 Å².